The fourth-order valence-electron chi connectivity index (χ4n) is 2.01. The van der Waals surface area contributed by atoms with Crippen molar-refractivity contribution in [3.8, 4) is 0 Å². The van der Waals surface area contributed by atoms with Crippen LogP contribution in [0.3, 0.4) is 0 Å². The van der Waals surface area contributed by atoms with Gasteiger partial charge in [0, 0.05) is 25.2 Å². The maximum Gasteiger partial charge on any atom is 0.243 e. The molecule has 0 bridgehead atoms. The number of amides is 2. The zero-order chi connectivity index (χ0) is 16.3. The normalized spacial score (nSPS) is 15.8. The minimum atomic E-state index is -3.78. The van der Waals surface area contributed by atoms with Gasteiger partial charge in [0.15, 0.2) is 0 Å². The number of hydrogen-bond donors (Lipinski definition) is 1. The maximum atomic E-state index is 12.4. The standard InChI is InChI=1S/C13H16ClN3O4S/c1-16(9-13(19)17-7-6-15-12(18)8-17)22(20,21)11-4-2-10(14)3-5-11/h2-5H,6-9H2,1H3,(H,15,18). The Labute approximate surface area is 133 Å². The predicted molar refractivity (Wildman–Crippen MR) is 80.9 cm³/mol. The first-order valence-electron chi connectivity index (χ1n) is 6.57. The highest BCUT2D eigenvalue weighted by atomic mass is 35.5. The highest BCUT2D eigenvalue weighted by molar-refractivity contribution is 7.89. The summed E-state index contributed by atoms with van der Waals surface area (Å²) < 4.78 is 25.7. The molecule has 1 fully saturated rings. The van der Waals surface area contributed by atoms with Gasteiger partial charge in [-0.1, -0.05) is 11.6 Å². The fraction of sp³-hybridized carbons (Fsp3) is 0.385. The first-order chi connectivity index (χ1) is 10.3. The molecule has 120 valence electrons. The van der Waals surface area contributed by atoms with E-state index in [9.17, 15) is 18.0 Å². The Morgan fingerprint density at radius 3 is 2.59 bits per heavy atom. The second kappa shape index (κ2) is 6.64. The Balaban J connectivity index is 2.07. The van der Waals surface area contributed by atoms with Crippen LogP contribution >= 0.6 is 11.6 Å². The largest absolute Gasteiger partial charge is 0.353 e. The summed E-state index contributed by atoms with van der Waals surface area (Å²) in [4.78, 5) is 24.8. The molecule has 1 saturated heterocycles. The SMILES string of the molecule is CN(CC(=O)N1CCNC(=O)C1)S(=O)(=O)c1ccc(Cl)cc1. The molecule has 0 spiro atoms. The van der Waals surface area contributed by atoms with Crippen LogP contribution < -0.4 is 5.32 Å². The molecular formula is C13H16ClN3O4S. The average Bonchev–Trinajstić information content (AvgIpc) is 2.47. The number of hydrogen-bond acceptors (Lipinski definition) is 4. The number of carbonyl (C=O) groups excluding carboxylic acids is 2. The molecule has 9 heteroatoms. The number of nitrogens with one attached hydrogen (secondary N) is 1. The third kappa shape index (κ3) is 3.76. The molecule has 0 aliphatic carbocycles. The minimum absolute atomic E-state index is 0.0480. The zero-order valence-corrected chi connectivity index (χ0v) is 13.5. The molecule has 7 nitrogen and oxygen atoms in total. The van der Waals surface area contributed by atoms with Crippen molar-refractivity contribution in [2.24, 2.45) is 0 Å². The van der Waals surface area contributed by atoms with Gasteiger partial charge in [-0.15, -0.1) is 0 Å². The number of rotatable bonds is 4. The lowest BCUT2D eigenvalue weighted by Crippen LogP contribution is -2.52. The monoisotopic (exact) mass is 345 g/mol. The van der Waals surface area contributed by atoms with Crippen LogP contribution in [0.2, 0.25) is 5.02 Å². The molecular weight excluding hydrogens is 330 g/mol. The Kier molecular flexibility index (Phi) is 5.05. The highest BCUT2D eigenvalue weighted by Gasteiger charge is 2.27. The lowest BCUT2D eigenvalue weighted by Gasteiger charge is -2.28. The predicted octanol–water partition coefficient (Wildman–Crippen LogP) is -0.0811. The van der Waals surface area contributed by atoms with E-state index in [1.165, 1.54) is 36.2 Å². The second-order valence-electron chi connectivity index (χ2n) is 4.88. The first-order valence-corrected chi connectivity index (χ1v) is 8.39. The molecule has 2 rings (SSSR count). The van der Waals surface area contributed by atoms with Crippen LogP contribution in [0.4, 0.5) is 0 Å². The van der Waals surface area contributed by atoms with E-state index in [2.05, 4.69) is 5.32 Å². The van der Waals surface area contributed by atoms with Crippen LogP contribution in [0.15, 0.2) is 29.2 Å². The van der Waals surface area contributed by atoms with Gasteiger partial charge in [-0.2, -0.15) is 4.31 Å². The Hall–Kier alpha value is -1.64. The lowest BCUT2D eigenvalue weighted by molar-refractivity contribution is -0.138. The van der Waals surface area contributed by atoms with Crippen LogP contribution in [-0.4, -0.2) is 62.7 Å². The molecule has 0 unspecified atom stereocenters. The average molecular weight is 346 g/mol. The molecule has 0 radical (unpaired) electrons. The molecule has 1 aliphatic rings. The van der Waals surface area contributed by atoms with Gasteiger partial charge >= 0.3 is 0 Å². The number of sulfonamides is 1. The second-order valence-corrected chi connectivity index (χ2v) is 7.36. The smallest absolute Gasteiger partial charge is 0.243 e. The molecule has 1 aromatic rings. The number of benzene rings is 1. The molecule has 1 heterocycles. The van der Waals surface area contributed by atoms with E-state index >= 15 is 0 Å². The summed E-state index contributed by atoms with van der Waals surface area (Å²) in [6.45, 7) is 0.379. The summed E-state index contributed by atoms with van der Waals surface area (Å²) in [7, 11) is -2.45. The third-order valence-electron chi connectivity index (χ3n) is 3.27. The van der Waals surface area contributed by atoms with Gasteiger partial charge in [-0.25, -0.2) is 8.42 Å². The van der Waals surface area contributed by atoms with E-state index < -0.39 is 15.9 Å². The van der Waals surface area contributed by atoms with E-state index in [1.807, 2.05) is 0 Å². The van der Waals surface area contributed by atoms with Crippen molar-refractivity contribution >= 4 is 33.4 Å². The minimum Gasteiger partial charge on any atom is -0.353 e. The van der Waals surface area contributed by atoms with E-state index in [0.717, 1.165) is 4.31 Å². The van der Waals surface area contributed by atoms with Crippen molar-refractivity contribution in [2.45, 2.75) is 4.90 Å². The van der Waals surface area contributed by atoms with Gasteiger partial charge in [0.2, 0.25) is 21.8 Å². The molecule has 0 saturated carbocycles. The molecule has 1 N–H and O–H groups in total. The summed E-state index contributed by atoms with van der Waals surface area (Å²) in [5.41, 5.74) is 0. The third-order valence-corrected chi connectivity index (χ3v) is 5.34. The number of likely N-dealkylation sites (N-methyl/N-ethyl adjacent to an activating group) is 1. The first kappa shape index (κ1) is 16.7. The lowest BCUT2D eigenvalue weighted by atomic mass is 10.3. The zero-order valence-electron chi connectivity index (χ0n) is 12.0. The molecule has 22 heavy (non-hydrogen) atoms. The number of piperazine rings is 1. The van der Waals surface area contributed by atoms with Gasteiger partial charge in [0.25, 0.3) is 0 Å². The topological polar surface area (TPSA) is 86.8 Å². The fourth-order valence-corrected chi connectivity index (χ4v) is 3.26. The van der Waals surface area contributed by atoms with Gasteiger partial charge in [0.05, 0.1) is 18.0 Å². The van der Waals surface area contributed by atoms with Crippen molar-refractivity contribution in [1.82, 2.24) is 14.5 Å². The van der Waals surface area contributed by atoms with Crippen LogP contribution in [0.1, 0.15) is 0 Å². The van der Waals surface area contributed by atoms with Crippen molar-refractivity contribution in [3.63, 3.8) is 0 Å². The quantitative estimate of drug-likeness (QED) is 0.827. The van der Waals surface area contributed by atoms with Gasteiger partial charge in [0.1, 0.15) is 0 Å². The van der Waals surface area contributed by atoms with Gasteiger partial charge < -0.3 is 10.2 Å². The molecule has 1 aliphatic heterocycles. The van der Waals surface area contributed by atoms with Crippen LogP contribution in [0.5, 0.6) is 0 Å². The van der Waals surface area contributed by atoms with Crippen LogP contribution in [-0.2, 0) is 19.6 Å². The van der Waals surface area contributed by atoms with Gasteiger partial charge in [-0.05, 0) is 24.3 Å². The van der Waals surface area contributed by atoms with Crippen LogP contribution in [0, 0.1) is 0 Å². The Morgan fingerprint density at radius 1 is 1.36 bits per heavy atom. The Morgan fingerprint density at radius 2 is 2.00 bits per heavy atom. The highest BCUT2D eigenvalue weighted by Crippen LogP contribution is 2.17. The van der Waals surface area contributed by atoms with Gasteiger partial charge in [-0.3, -0.25) is 9.59 Å². The molecule has 1 aromatic carbocycles. The Bertz CT molecular complexity index is 675. The van der Waals surface area contributed by atoms with Crippen molar-refractivity contribution in [3.05, 3.63) is 29.3 Å². The molecule has 2 amide bonds. The van der Waals surface area contributed by atoms with Crippen molar-refractivity contribution in [1.29, 1.82) is 0 Å². The van der Waals surface area contributed by atoms with E-state index in [4.69, 9.17) is 11.6 Å². The van der Waals surface area contributed by atoms with Crippen LogP contribution in [0.25, 0.3) is 0 Å². The van der Waals surface area contributed by atoms with Crippen molar-refractivity contribution in [2.75, 3.05) is 33.2 Å². The maximum absolute atomic E-state index is 12.4. The summed E-state index contributed by atoms with van der Waals surface area (Å²) in [5, 5.41) is 3.03. The van der Waals surface area contributed by atoms with E-state index in [-0.39, 0.29) is 23.9 Å². The van der Waals surface area contributed by atoms with Crippen molar-refractivity contribution < 1.29 is 18.0 Å². The number of halogens is 1. The molecule has 0 atom stereocenters. The summed E-state index contributed by atoms with van der Waals surface area (Å²) in [6.07, 6.45) is 0. The molecule has 0 aromatic heterocycles. The summed E-state index contributed by atoms with van der Waals surface area (Å²) in [5.74, 6) is -0.655. The van der Waals surface area contributed by atoms with E-state index in [0.29, 0.717) is 18.1 Å². The number of carbonyl (C=O) groups is 2. The van der Waals surface area contributed by atoms with E-state index in [1.54, 1.807) is 0 Å². The summed E-state index contributed by atoms with van der Waals surface area (Å²) in [6, 6.07) is 5.71. The summed E-state index contributed by atoms with van der Waals surface area (Å²) >= 11 is 5.73. The number of nitrogens with zero attached hydrogens (tertiary/aromatic N) is 2.